The van der Waals surface area contributed by atoms with E-state index in [0.717, 1.165) is 6.07 Å². The molecule has 1 N–H and O–H groups in total. The Hall–Kier alpha value is -0.280. The van der Waals surface area contributed by atoms with Gasteiger partial charge in [-0.3, -0.25) is 0 Å². The molecule has 1 nitrogen and oxygen atoms in total. The van der Waals surface area contributed by atoms with E-state index in [0.29, 0.717) is 4.47 Å². The molecule has 54 valence electrons. The van der Waals surface area contributed by atoms with Crippen LogP contribution in [0.5, 0.6) is 5.75 Å². The average molecular weight is 225 g/mol. The first-order chi connectivity index (χ1) is 4.63. The highest BCUT2D eigenvalue weighted by molar-refractivity contribution is 9.10. The van der Waals surface area contributed by atoms with Crippen LogP contribution in [0.4, 0.5) is 4.39 Å². The molecule has 4 heteroatoms. The van der Waals surface area contributed by atoms with E-state index in [4.69, 9.17) is 16.7 Å². The van der Waals surface area contributed by atoms with Crippen molar-refractivity contribution in [3.63, 3.8) is 0 Å². The fraction of sp³-hybridized carbons (Fsp3) is 0. The van der Waals surface area contributed by atoms with Crippen LogP contribution in [-0.4, -0.2) is 5.11 Å². The summed E-state index contributed by atoms with van der Waals surface area (Å²) < 4.78 is 12.9. The van der Waals surface area contributed by atoms with E-state index in [2.05, 4.69) is 15.9 Å². The predicted octanol–water partition coefficient (Wildman–Crippen LogP) is 2.95. The molecule has 0 aromatic heterocycles. The zero-order chi connectivity index (χ0) is 7.72. The maximum Gasteiger partial charge on any atom is 0.171 e. The quantitative estimate of drug-likeness (QED) is 0.673. The molecule has 0 fully saturated rings. The summed E-state index contributed by atoms with van der Waals surface area (Å²) in [6.45, 7) is 0. The predicted molar refractivity (Wildman–Crippen MR) is 40.8 cm³/mol. The third-order valence-electron chi connectivity index (χ3n) is 1.02. The van der Waals surface area contributed by atoms with Crippen molar-refractivity contribution < 1.29 is 9.50 Å². The molecule has 10 heavy (non-hydrogen) atoms. The first-order valence-corrected chi connectivity index (χ1v) is 3.62. The van der Waals surface area contributed by atoms with Gasteiger partial charge in [-0.2, -0.15) is 0 Å². The lowest BCUT2D eigenvalue weighted by molar-refractivity contribution is 0.432. The second-order valence-electron chi connectivity index (χ2n) is 1.69. The van der Waals surface area contributed by atoms with Gasteiger partial charge in [-0.25, -0.2) is 4.39 Å². The molecule has 1 aromatic carbocycles. The number of hydrogen-bond acceptors (Lipinski definition) is 1. The van der Waals surface area contributed by atoms with E-state index in [1.807, 2.05) is 0 Å². The normalized spacial score (nSPS) is 9.90. The van der Waals surface area contributed by atoms with Gasteiger partial charge in [0.1, 0.15) is 0 Å². The number of halogens is 3. The number of rotatable bonds is 0. The topological polar surface area (TPSA) is 20.2 Å². The lowest BCUT2D eigenvalue weighted by atomic mass is 10.3. The molecule has 0 aliphatic carbocycles. The van der Waals surface area contributed by atoms with Crippen LogP contribution in [0, 0.1) is 5.82 Å². The minimum Gasteiger partial charge on any atom is -0.504 e. The van der Waals surface area contributed by atoms with Crippen LogP contribution in [0.2, 0.25) is 5.02 Å². The fourth-order valence-electron chi connectivity index (χ4n) is 0.516. The van der Waals surface area contributed by atoms with E-state index >= 15 is 0 Å². The summed E-state index contributed by atoms with van der Waals surface area (Å²) in [5, 5.41) is 8.85. The second kappa shape index (κ2) is 2.76. The van der Waals surface area contributed by atoms with E-state index in [-0.39, 0.29) is 5.02 Å². The van der Waals surface area contributed by atoms with Crippen LogP contribution in [0.1, 0.15) is 0 Å². The van der Waals surface area contributed by atoms with E-state index in [1.165, 1.54) is 6.07 Å². The Morgan fingerprint density at radius 3 is 2.60 bits per heavy atom. The van der Waals surface area contributed by atoms with Crippen LogP contribution in [0.15, 0.2) is 16.6 Å². The third-order valence-corrected chi connectivity index (χ3v) is 2.29. The number of hydrogen-bond donors (Lipinski definition) is 1. The smallest absolute Gasteiger partial charge is 0.171 e. The van der Waals surface area contributed by atoms with Gasteiger partial charge in [0.25, 0.3) is 0 Å². The summed E-state index contributed by atoms with van der Waals surface area (Å²) in [6, 6.07) is 2.56. The Balaban J connectivity index is 3.34. The zero-order valence-corrected chi connectivity index (χ0v) is 7.08. The Kier molecular flexibility index (Phi) is 2.16. The number of phenols is 1. The van der Waals surface area contributed by atoms with Crippen molar-refractivity contribution >= 4 is 27.5 Å². The van der Waals surface area contributed by atoms with Crippen molar-refractivity contribution in [1.82, 2.24) is 0 Å². The molecule has 0 aliphatic rings. The molecule has 1 aromatic rings. The van der Waals surface area contributed by atoms with Gasteiger partial charge in [-0.15, -0.1) is 0 Å². The Morgan fingerprint density at radius 2 is 2.10 bits per heavy atom. The van der Waals surface area contributed by atoms with Crippen LogP contribution in [0.25, 0.3) is 0 Å². The molecule has 0 radical (unpaired) electrons. The summed E-state index contributed by atoms with van der Waals surface area (Å²) >= 11 is 8.47. The maximum atomic E-state index is 12.4. The maximum absolute atomic E-state index is 12.4. The Labute approximate surface area is 70.6 Å². The average Bonchev–Trinajstić information content (AvgIpc) is 1.93. The molecule has 0 aliphatic heterocycles. The van der Waals surface area contributed by atoms with Crippen LogP contribution >= 0.6 is 27.5 Å². The first-order valence-electron chi connectivity index (χ1n) is 2.45. The first kappa shape index (κ1) is 7.82. The summed E-state index contributed by atoms with van der Waals surface area (Å²) in [6.07, 6.45) is 0. The van der Waals surface area contributed by atoms with Crippen molar-refractivity contribution in [1.29, 1.82) is 0 Å². The minimum atomic E-state index is -0.715. The molecular formula is C6H3BrClFO. The van der Waals surface area contributed by atoms with Gasteiger partial charge in [0, 0.05) is 4.47 Å². The van der Waals surface area contributed by atoms with Crippen molar-refractivity contribution in [2.45, 2.75) is 0 Å². The molecule has 0 heterocycles. The lowest BCUT2D eigenvalue weighted by Gasteiger charge is -1.98. The Bertz CT molecular complexity index is 237. The molecule has 0 amide bonds. The van der Waals surface area contributed by atoms with E-state index in [1.54, 1.807) is 0 Å². The molecule has 0 unspecified atom stereocenters. The van der Waals surface area contributed by atoms with Gasteiger partial charge in [-0.05, 0) is 28.1 Å². The highest BCUT2D eigenvalue weighted by Crippen LogP contribution is 2.32. The van der Waals surface area contributed by atoms with Gasteiger partial charge in [-0.1, -0.05) is 11.6 Å². The van der Waals surface area contributed by atoms with Gasteiger partial charge < -0.3 is 5.11 Å². The summed E-state index contributed by atoms with van der Waals surface area (Å²) in [5.41, 5.74) is 0. The molecular weight excluding hydrogens is 222 g/mol. The second-order valence-corrected chi connectivity index (χ2v) is 2.92. The number of benzene rings is 1. The third kappa shape index (κ3) is 1.25. The van der Waals surface area contributed by atoms with E-state index < -0.39 is 11.6 Å². The van der Waals surface area contributed by atoms with Crippen LogP contribution < -0.4 is 0 Å². The van der Waals surface area contributed by atoms with Crippen LogP contribution in [-0.2, 0) is 0 Å². The van der Waals surface area contributed by atoms with Crippen LogP contribution in [0.3, 0.4) is 0 Å². The zero-order valence-electron chi connectivity index (χ0n) is 4.74. The van der Waals surface area contributed by atoms with Crippen molar-refractivity contribution in [2.75, 3.05) is 0 Å². The number of aromatic hydroxyl groups is 1. The molecule has 0 bridgehead atoms. The largest absolute Gasteiger partial charge is 0.504 e. The molecule has 1 rings (SSSR count). The minimum absolute atomic E-state index is 0.000000000000000222. The SMILES string of the molecule is Oc1c(F)ccc(Br)c1Cl. The molecule has 0 saturated heterocycles. The molecule has 0 spiro atoms. The summed E-state index contributed by atoms with van der Waals surface area (Å²) in [4.78, 5) is 0. The standard InChI is InChI=1S/C6H3BrClFO/c7-3-1-2-4(9)6(10)5(3)8/h1-2,10H. The lowest BCUT2D eigenvalue weighted by Crippen LogP contribution is -1.77. The van der Waals surface area contributed by atoms with Crippen molar-refractivity contribution in [2.24, 2.45) is 0 Å². The van der Waals surface area contributed by atoms with Gasteiger partial charge in [0.2, 0.25) is 0 Å². The van der Waals surface area contributed by atoms with Crippen molar-refractivity contribution in [3.8, 4) is 5.75 Å². The monoisotopic (exact) mass is 224 g/mol. The highest BCUT2D eigenvalue weighted by Gasteiger charge is 2.07. The highest BCUT2D eigenvalue weighted by atomic mass is 79.9. The number of phenolic OH excluding ortho intramolecular Hbond substituents is 1. The summed E-state index contributed by atoms with van der Waals surface area (Å²) in [5.74, 6) is -1.23. The summed E-state index contributed by atoms with van der Waals surface area (Å²) in [7, 11) is 0. The Morgan fingerprint density at radius 1 is 1.50 bits per heavy atom. The van der Waals surface area contributed by atoms with Gasteiger partial charge in [0.15, 0.2) is 11.6 Å². The van der Waals surface area contributed by atoms with Gasteiger partial charge >= 0.3 is 0 Å². The van der Waals surface area contributed by atoms with Gasteiger partial charge in [0.05, 0.1) is 5.02 Å². The molecule has 0 saturated carbocycles. The molecule has 0 atom stereocenters. The fourth-order valence-corrected chi connectivity index (χ4v) is 0.990. The van der Waals surface area contributed by atoms with E-state index in [9.17, 15) is 4.39 Å². The van der Waals surface area contributed by atoms with Crippen molar-refractivity contribution in [3.05, 3.63) is 27.4 Å².